The van der Waals surface area contributed by atoms with Crippen LogP contribution in [-0.2, 0) is 6.42 Å². The Morgan fingerprint density at radius 2 is 1.69 bits per heavy atom. The molecule has 1 nitrogen and oxygen atoms in total. The summed E-state index contributed by atoms with van der Waals surface area (Å²) in [5.41, 5.74) is 2.77. The van der Waals surface area contributed by atoms with Crippen molar-refractivity contribution >= 4 is 5.69 Å². The first-order valence-electron chi connectivity index (χ1n) is 5.28. The van der Waals surface area contributed by atoms with Crippen molar-refractivity contribution in [3.05, 3.63) is 29.8 Å². The van der Waals surface area contributed by atoms with Crippen LogP contribution in [0.15, 0.2) is 24.3 Å². The normalized spacial score (nSPS) is 11.1. The maximum Gasteiger partial charge on any atom is 0.0373 e. The molecule has 0 bridgehead atoms. The first-order valence-corrected chi connectivity index (χ1v) is 5.28. The Bertz CT molecular complexity index is 200. The zero-order chi connectivity index (χ0) is 10.1. The van der Waals surface area contributed by atoms with Crippen LogP contribution in [0.4, 0.5) is 5.69 Å². The van der Waals surface area contributed by atoms with E-state index in [9.17, 15) is 0 Å². The van der Waals surface area contributed by atoms with Crippen molar-refractivity contribution in [1.29, 1.82) is 0 Å². The van der Waals surface area contributed by atoms with Crippen molar-refractivity contribution in [3.8, 4) is 0 Å². The molecule has 0 saturated heterocycles. The fraction of sp³-hybridized carbons (Fsp3) is 0.500. The molecule has 0 spiro atoms. The third-order valence-corrected chi connectivity index (χ3v) is 1.73. The van der Waals surface area contributed by atoms with Crippen LogP contribution in [-0.4, -0.2) is 6.54 Å². The lowest BCUT2D eigenvalue weighted by atomic mass is 10.2. The number of rotatable bonds is 0. The van der Waals surface area contributed by atoms with E-state index in [1.54, 1.807) is 0 Å². The summed E-state index contributed by atoms with van der Waals surface area (Å²) in [5.74, 6) is 0. The van der Waals surface area contributed by atoms with Crippen LogP contribution < -0.4 is 5.32 Å². The number of hydrogen-bond acceptors (Lipinski definition) is 1. The molecule has 0 fully saturated rings. The first-order chi connectivity index (χ1) is 6.47. The predicted molar refractivity (Wildman–Crippen MR) is 63.4 cm³/mol. The molecule has 2 rings (SSSR count). The van der Waals surface area contributed by atoms with E-state index in [1.807, 2.05) is 27.7 Å². The highest BCUT2D eigenvalue weighted by atomic mass is 14.9. The molecular formula is C12H23N. The van der Waals surface area contributed by atoms with Gasteiger partial charge in [-0.25, -0.2) is 0 Å². The topological polar surface area (TPSA) is 12.0 Å². The van der Waals surface area contributed by atoms with Gasteiger partial charge in [0.2, 0.25) is 0 Å². The maximum absolute atomic E-state index is 3.30. The third-order valence-electron chi connectivity index (χ3n) is 1.73. The van der Waals surface area contributed by atoms with Gasteiger partial charge in [0.15, 0.2) is 0 Å². The molecule has 1 heterocycles. The average molecular weight is 181 g/mol. The highest BCUT2D eigenvalue weighted by Gasteiger charge is 2.05. The lowest BCUT2D eigenvalue weighted by molar-refractivity contribution is 1.11. The van der Waals surface area contributed by atoms with Crippen LogP contribution in [0.2, 0.25) is 0 Å². The minimum absolute atomic E-state index is 0. The van der Waals surface area contributed by atoms with Crippen LogP contribution in [0.5, 0.6) is 0 Å². The second-order valence-corrected chi connectivity index (χ2v) is 2.33. The van der Waals surface area contributed by atoms with Gasteiger partial charge in [-0.2, -0.15) is 0 Å². The first kappa shape index (κ1) is 12.0. The molecule has 0 unspecified atom stereocenters. The molecule has 0 amide bonds. The Hall–Kier alpha value is -0.980. The van der Waals surface area contributed by atoms with Gasteiger partial charge in [0, 0.05) is 13.7 Å². The molecule has 0 aliphatic carbocycles. The van der Waals surface area contributed by atoms with Crippen molar-refractivity contribution < 1.29 is 1.43 Å². The minimum atomic E-state index is 0. The molecule has 13 heavy (non-hydrogen) atoms. The van der Waals surface area contributed by atoms with Crippen LogP contribution in [0.3, 0.4) is 0 Å². The van der Waals surface area contributed by atoms with Gasteiger partial charge in [0.05, 0.1) is 0 Å². The summed E-state index contributed by atoms with van der Waals surface area (Å²) in [6.07, 6.45) is 1.19. The van der Waals surface area contributed by atoms with Gasteiger partial charge in [-0.3, -0.25) is 0 Å². The Morgan fingerprint density at radius 3 is 2.31 bits per heavy atom. The molecule has 76 valence electrons. The van der Waals surface area contributed by atoms with E-state index < -0.39 is 0 Å². The van der Waals surface area contributed by atoms with E-state index >= 15 is 0 Å². The van der Waals surface area contributed by atoms with E-state index in [0.717, 1.165) is 6.54 Å². The van der Waals surface area contributed by atoms with Gasteiger partial charge in [-0.05, 0) is 18.1 Å². The summed E-state index contributed by atoms with van der Waals surface area (Å²) in [7, 11) is 0. The Balaban J connectivity index is 0. The Labute approximate surface area is 83.7 Å². The molecule has 1 N–H and O–H groups in total. The van der Waals surface area contributed by atoms with Crippen LogP contribution in [0.1, 0.15) is 34.7 Å². The van der Waals surface area contributed by atoms with Gasteiger partial charge in [-0.15, -0.1) is 0 Å². The van der Waals surface area contributed by atoms with Crippen LogP contribution >= 0.6 is 0 Å². The van der Waals surface area contributed by atoms with E-state index in [0.29, 0.717) is 0 Å². The molecule has 0 radical (unpaired) electrons. The second kappa shape index (κ2) is 7.66. The molecule has 1 heteroatoms. The van der Waals surface area contributed by atoms with Gasteiger partial charge in [0.25, 0.3) is 0 Å². The standard InChI is InChI=1S/C8H9N.2C2H6.H2/c1-2-4-8-7(3-1)5-6-9-8;2*1-2;/h1-4,9H,5-6H2;2*1-2H3;1H. The lowest BCUT2D eigenvalue weighted by Crippen LogP contribution is -1.90. The second-order valence-electron chi connectivity index (χ2n) is 2.33. The molecule has 1 aliphatic heterocycles. The molecule has 1 aromatic rings. The molecule has 0 aromatic heterocycles. The van der Waals surface area contributed by atoms with E-state index in [4.69, 9.17) is 0 Å². The highest BCUT2D eigenvalue weighted by molar-refractivity contribution is 5.54. The summed E-state index contributed by atoms with van der Waals surface area (Å²) in [6, 6.07) is 8.46. The fourth-order valence-electron chi connectivity index (χ4n) is 1.24. The zero-order valence-corrected chi connectivity index (χ0v) is 9.22. The number of fused-ring (bicyclic) bond motifs is 1. The molecule has 1 aromatic carbocycles. The van der Waals surface area contributed by atoms with Crippen molar-refractivity contribution in [2.75, 3.05) is 11.9 Å². The number of anilines is 1. The average Bonchev–Trinajstić information content (AvgIpc) is 2.71. The highest BCUT2D eigenvalue weighted by Crippen LogP contribution is 2.19. The van der Waals surface area contributed by atoms with Crippen molar-refractivity contribution in [2.45, 2.75) is 34.1 Å². The largest absolute Gasteiger partial charge is 0.384 e. The fourth-order valence-corrected chi connectivity index (χ4v) is 1.24. The molecule has 0 saturated carbocycles. The number of hydrogen-bond donors (Lipinski definition) is 1. The Kier molecular flexibility index (Phi) is 7.08. The minimum Gasteiger partial charge on any atom is -0.384 e. The monoisotopic (exact) mass is 181 g/mol. The zero-order valence-electron chi connectivity index (χ0n) is 9.22. The van der Waals surface area contributed by atoms with Gasteiger partial charge < -0.3 is 5.32 Å². The van der Waals surface area contributed by atoms with E-state index in [2.05, 4.69) is 29.6 Å². The van der Waals surface area contributed by atoms with E-state index in [1.165, 1.54) is 17.7 Å². The predicted octanol–water partition coefficient (Wildman–Crippen LogP) is 3.95. The van der Waals surface area contributed by atoms with Gasteiger partial charge in [0.1, 0.15) is 0 Å². The van der Waals surface area contributed by atoms with Crippen molar-refractivity contribution in [1.82, 2.24) is 0 Å². The van der Waals surface area contributed by atoms with Gasteiger partial charge in [-0.1, -0.05) is 45.9 Å². The third kappa shape index (κ3) is 3.49. The molecular weight excluding hydrogens is 158 g/mol. The van der Waals surface area contributed by atoms with Crippen LogP contribution in [0, 0.1) is 0 Å². The number of benzene rings is 1. The lowest BCUT2D eigenvalue weighted by Gasteiger charge is -1.94. The summed E-state index contributed by atoms with van der Waals surface area (Å²) in [6.45, 7) is 9.11. The van der Waals surface area contributed by atoms with Crippen molar-refractivity contribution in [2.24, 2.45) is 0 Å². The van der Waals surface area contributed by atoms with Crippen LogP contribution in [0.25, 0.3) is 0 Å². The summed E-state index contributed by atoms with van der Waals surface area (Å²) < 4.78 is 0. The smallest absolute Gasteiger partial charge is 0.0373 e. The Morgan fingerprint density at radius 1 is 1.08 bits per heavy atom. The summed E-state index contributed by atoms with van der Waals surface area (Å²) >= 11 is 0. The number of para-hydroxylation sites is 1. The summed E-state index contributed by atoms with van der Waals surface area (Å²) in [5, 5.41) is 3.30. The molecule has 0 atom stereocenters. The SMILES string of the molecule is CC.CC.[HH].c1ccc2c(c1)CCN2. The maximum atomic E-state index is 3.30. The van der Waals surface area contributed by atoms with Crippen molar-refractivity contribution in [3.63, 3.8) is 0 Å². The number of nitrogens with one attached hydrogen (secondary N) is 1. The summed E-state index contributed by atoms with van der Waals surface area (Å²) in [4.78, 5) is 0. The quantitative estimate of drug-likeness (QED) is 0.639. The molecule has 1 aliphatic rings. The van der Waals surface area contributed by atoms with E-state index in [-0.39, 0.29) is 1.43 Å². The van der Waals surface area contributed by atoms with Gasteiger partial charge >= 0.3 is 0 Å².